The van der Waals surface area contributed by atoms with Crippen LogP contribution in [0.5, 0.6) is 0 Å². The fourth-order valence-electron chi connectivity index (χ4n) is 2.03. The second kappa shape index (κ2) is 6.51. The summed E-state index contributed by atoms with van der Waals surface area (Å²) in [5.41, 5.74) is 0.636. The monoisotopic (exact) mass is 353 g/mol. The number of benzene rings is 2. The molecule has 2 aromatic rings. The summed E-state index contributed by atoms with van der Waals surface area (Å²) in [4.78, 5) is 11.4. The van der Waals surface area contributed by atoms with Gasteiger partial charge in [0.05, 0.1) is 16.1 Å². The molecule has 0 aliphatic heterocycles. The lowest BCUT2D eigenvalue weighted by Gasteiger charge is -2.11. The molecule has 6 nitrogen and oxygen atoms in total. The molecule has 0 amide bonds. The lowest BCUT2D eigenvalue weighted by atomic mass is 10.1. The Bertz CT molecular complexity index is 890. The summed E-state index contributed by atoms with van der Waals surface area (Å²) in [6.45, 7) is 1.53. The quantitative estimate of drug-likeness (QED) is 0.858. The standard InChI is InChI=1S/C15H15NO5S2/c1-10-8-11(15(17)18)6-7-14(10)23(20,21)16-12-4-3-5-13(9-12)22(2)19/h3-9,16H,1-2H3,(H,17,18). The molecular formula is C15H15NO5S2. The molecule has 0 saturated heterocycles. The Morgan fingerprint density at radius 1 is 1.17 bits per heavy atom. The fraction of sp³-hybridized carbons (Fsp3) is 0.133. The molecule has 0 saturated carbocycles. The first-order chi connectivity index (χ1) is 10.7. The second-order valence-corrected chi connectivity index (χ2v) is 7.90. The van der Waals surface area contributed by atoms with Crippen molar-refractivity contribution in [1.82, 2.24) is 0 Å². The highest BCUT2D eigenvalue weighted by Crippen LogP contribution is 2.22. The van der Waals surface area contributed by atoms with Gasteiger partial charge in [0.15, 0.2) is 0 Å². The van der Waals surface area contributed by atoms with E-state index in [4.69, 9.17) is 5.11 Å². The van der Waals surface area contributed by atoms with Crippen molar-refractivity contribution in [3.05, 3.63) is 53.6 Å². The molecule has 1 unspecified atom stereocenters. The number of hydrogen-bond acceptors (Lipinski definition) is 4. The smallest absolute Gasteiger partial charge is 0.335 e. The molecule has 0 aliphatic rings. The molecule has 23 heavy (non-hydrogen) atoms. The lowest BCUT2D eigenvalue weighted by Crippen LogP contribution is -2.15. The molecule has 2 N–H and O–H groups in total. The molecule has 0 radical (unpaired) electrons. The Hall–Kier alpha value is -2.19. The van der Waals surface area contributed by atoms with Gasteiger partial charge in [0.25, 0.3) is 10.0 Å². The lowest BCUT2D eigenvalue weighted by molar-refractivity contribution is 0.0696. The normalized spacial score (nSPS) is 12.6. The number of aryl methyl sites for hydroxylation is 1. The fourth-order valence-corrected chi connectivity index (χ4v) is 3.87. The number of carbonyl (C=O) groups is 1. The zero-order valence-electron chi connectivity index (χ0n) is 12.4. The molecule has 122 valence electrons. The number of carboxylic acid groups (broad SMARTS) is 1. The SMILES string of the molecule is Cc1cc(C(=O)O)ccc1S(=O)(=O)Nc1cccc(S(C)=O)c1. The van der Waals surface area contributed by atoms with Crippen LogP contribution in [0.4, 0.5) is 5.69 Å². The minimum absolute atomic E-state index is 0.00877. The topological polar surface area (TPSA) is 101 Å². The third-order valence-corrected chi connectivity index (χ3v) is 5.59. The van der Waals surface area contributed by atoms with Gasteiger partial charge in [-0.15, -0.1) is 0 Å². The second-order valence-electron chi connectivity index (χ2n) is 4.87. The van der Waals surface area contributed by atoms with Crippen molar-refractivity contribution in [1.29, 1.82) is 0 Å². The molecule has 0 aliphatic carbocycles. The van der Waals surface area contributed by atoms with Crippen LogP contribution < -0.4 is 4.72 Å². The predicted octanol–water partition coefficient (Wildman–Crippen LogP) is 2.23. The van der Waals surface area contributed by atoms with Gasteiger partial charge < -0.3 is 5.11 Å². The molecule has 0 fully saturated rings. The minimum Gasteiger partial charge on any atom is -0.478 e. The van der Waals surface area contributed by atoms with Gasteiger partial charge in [-0.2, -0.15) is 0 Å². The zero-order valence-corrected chi connectivity index (χ0v) is 14.1. The van der Waals surface area contributed by atoms with Gasteiger partial charge in [-0.25, -0.2) is 13.2 Å². The van der Waals surface area contributed by atoms with Crippen molar-refractivity contribution in [2.24, 2.45) is 0 Å². The van der Waals surface area contributed by atoms with Crippen molar-refractivity contribution in [2.75, 3.05) is 11.0 Å². The number of nitrogens with one attached hydrogen (secondary N) is 1. The Labute approximate surface area is 136 Å². The van der Waals surface area contributed by atoms with E-state index < -0.39 is 26.8 Å². The number of rotatable bonds is 5. The van der Waals surface area contributed by atoms with Gasteiger partial charge in [0.2, 0.25) is 0 Å². The maximum Gasteiger partial charge on any atom is 0.335 e. The van der Waals surface area contributed by atoms with Crippen molar-refractivity contribution in [3.63, 3.8) is 0 Å². The van der Waals surface area contributed by atoms with Crippen LogP contribution in [0.25, 0.3) is 0 Å². The van der Waals surface area contributed by atoms with Crippen LogP contribution >= 0.6 is 0 Å². The van der Waals surface area contributed by atoms with E-state index in [1.165, 1.54) is 37.4 Å². The summed E-state index contributed by atoms with van der Waals surface area (Å²) in [6, 6.07) is 10.1. The molecule has 1 atom stereocenters. The minimum atomic E-state index is -3.87. The van der Waals surface area contributed by atoms with Crippen molar-refractivity contribution < 1.29 is 22.5 Å². The first kappa shape index (κ1) is 17.2. The van der Waals surface area contributed by atoms with Crippen molar-refractivity contribution >= 4 is 32.5 Å². The molecular weight excluding hydrogens is 338 g/mol. The Morgan fingerprint density at radius 3 is 2.43 bits per heavy atom. The van der Waals surface area contributed by atoms with E-state index in [1.54, 1.807) is 18.2 Å². The maximum absolute atomic E-state index is 12.5. The van der Waals surface area contributed by atoms with Crippen LogP contribution in [0.15, 0.2) is 52.3 Å². The van der Waals surface area contributed by atoms with E-state index in [2.05, 4.69) is 4.72 Å². The van der Waals surface area contributed by atoms with Crippen LogP contribution in [-0.2, 0) is 20.8 Å². The largest absolute Gasteiger partial charge is 0.478 e. The number of aromatic carboxylic acids is 1. The van der Waals surface area contributed by atoms with E-state index >= 15 is 0 Å². The average Bonchev–Trinajstić information content (AvgIpc) is 2.46. The van der Waals surface area contributed by atoms with E-state index in [-0.39, 0.29) is 10.5 Å². The van der Waals surface area contributed by atoms with Crippen LogP contribution in [0, 0.1) is 6.92 Å². The highest BCUT2D eigenvalue weighted by molar-refractivity contribution is 7.92. The average molecular weight is 353 g/mol. The number of hydrogen-bond donors (Lipinski definition) is 2. The zero-order chi connectivity index (χ0) is 17.2. The highest BCUT2D eigenvalue weighted by Gasteiger charge is 2.18. The van der Waals surface area contributed by atoms with Gasteiger partial charge in [0.1, 0.15) is 0 Å². The van der Waals surface area contributed by atoms with Crippen LogP contribution in [0.1, 0.15) is 15.9 Å². The maximum atomic E-state index is 12.5. The highest BCUT2D eigenvalue weighted by atomic mass is 32.2. The Kier molecular flexibility index (Phi) is 4.86. The Balaban J connectivity index is 2.38. The molecule has 0 aromatic heterocycles. The molecule has 0 heterocycles. The number of anilines is 1. The molecule has 0 spiro atoms. The van der Waals surface area contributed by atoms with Crippen LogP contribution in [-0.4, -0.2) is 30.0 Å². The van der Waals surface area contributed by atoms with Crippen molar-refractivity contribution in [2.45, 2.75) is 16.7 Å². The van der Waals surface area contributed by atoms with E-state index in [1.807, 2.05) is 0 Å². The summed E-state index contributed by atoms with van der Waals surface area (Å²) in [5.74, 6) is -1.12. The van der Waals surface area contributed by atoms with Gasteiger partial charge in [-0.1, -0.05) is 6.07 Å². The summed E-state index contributed by atoms with van der Waals surface area (Å²) in [7, 11) is -5.10. The van der Waals surface area contributed by atoms with Crippen molar-refractivity contribution in [3.8, 4) is 0 Å². The van der Waals surface area contributed by atoms with E-state index in [0.717, 1.165) is 0 Å². The van der Waals surface area contributed by atoms with E-state index in [9.17, 15) is 17.4 Å². The summed E-state index contributed by atoms with van der Waals surface area (Å²) < 4.78 is 38.8. The molecule has 8 heteroatoms. The van der Waals surface area contributed by atoms with Gasteiger partial charge in [0, 0.05) is 22.0 Å². The summed E-state index contributed by atoms with van der Waals surface area (Å²) in [5, 5.41) is 8.93. The summed E-state index contributed by atoms with van der Waals surface area (Å²) in [6.07, 6.45) is 1.50. The number of carboxylic acids is 1. The molecule has 0 bridgehead atoms. The Morgan fingerprint density at radius 2 is 1.87 bits per heavy atom. The molecule has 2 aromatic carbocycles. The van der Waals surface area contributed by atoms with E-state index in [0.29, 0.717) is 16.1 Å². The van der Waals surface area contributed by atoms with Crippen LogP contribution in [0.3, 0.4) is 0 Å². The predicted molar refractivity (Wildman–Crippen MR) is 87.7 cm³/mol. The van der Waals surface area contributed by atoms with Gasteiger partial charge >= 0.3 is 5.97 Å². The first-order valence-corrected chi connectivity index (χ1v) is 9.55. The molecule has 2 rings (SSSR count). The summed E-state index contributed by atoms with van der Waals surface area (Å²) >= 11 is 0. The van der Waals surface area contributed by atoms with Crippen LogP contribution in [0.2, 0.25) is 0 Å². The van der Waals surface area contributed by atoms with Gasteiger partial charge in [-0.05, 0) is 48.9 Å². The van der Waals surface area contributed by atoms with Gasteiger partial charge in [-0.3, -0.25) is 8.93 Å². The first-order valence-electron chi connectivity index (χ1n) is 6.51. The third kappa shape index (κ3) is 3.96. The third-order valence-electron chi connectivity index (χ3n) is 3.13. The number of sulfonamides is 1.